The van der Waals surface area contributed by atoms with Crippen LogP contribution in [0.15, 0.2) is 23.4 Å². The average Bonchev–Trinajstić information content (AvgIpc) is 2.83. The van der Waals surface area contributed by atoms with E-state index in [0.29, 0.717) is 11.3 Å². The van der Waals surface area contributed by atoms with Crippen LogP contribution in [0.2, 0.25) is 0 Å². The normalized spacial score (nSPS) is 17.4. The van der Waals surface area contributed by atoms with E-state index in [0.717, 1.165) is 18.4 Å². The second-order valence-corrected chi connectivity index (χ2v) is 4.51. The van der Waals surface area contributed by atoms with Gasteiger partial charge in [-0.05, 0) is 44.7 Å². The zero-order valence-electron chi connectivity index (χ0n) is 10.0. The summed E-state index contributed by atoms with van der Waals surface area (Å²) in [5.74, 6) is 0.805. The quantitative estimate of drug-likeness (QED) is 0.365. The van der Waals surface area contributed by atoms with Gasteiger partial charge in [-0.15, -0.1) is 0 Å². The molecule has 1 aliphatic carbocycles. The fourth-order valence-corrected chi connectivity index (χ4v) is 2.19. The Kier molecular flexibility index (Phi) is 3.52. The molecule has 0 amide bonds. The van der Waals surface area contributed by atoms with Crippen LogP contribution in [0.4, 0.5) is 0 Å². The first-order valence-corrected chi connectivity index (χ1v) is 5.96. The lowest BCUT2D eigenvalue weighted by molar-refractivity contribution is 0.209. The number of oxime groups is 1. The van der Waals surface area contributed by atoms with Gasteiger partial charge < -0.3 is 15.7 Å². The molecule has 1 aromatic carbocycles. The smallest absolute Gasteiger partial charge is 0.173 e. The molecule has 17 heavy (non-hydrogen) atoms. The monoisotopic (exact) mass is 234 g/mol. The van der Waals surface area contributed by atoms with Crippen molar-refractivity contribution < 1.29 is 9.94 Å². The van der Waals surface area contributed by atoms with Gasteiger partial charge in [-0.3, -0.25) is 0 Å². The van der Waals surface area contributed by atoms with Crippen LogP contribution in [-0.4, -0.2) is 17.1 Å². The molecule has 0 atom stereocenters. The summed E-state index contributed by atoms with van der Waals surface area (Å²) < 4.78 is 5.91. The lowest BCUT2D eigenvalue weighted by atomic mass is 10.1. The standard InChI is InChI=1S/C13H18N2O2/c1-9-6-7-12(11(8-9)13(14)15-16)17-10-4-2-3-5-10/h6-8,10,16H,2-5H2,1H3,(H2,14,15). The predicted molar refractivity (Wildman–Crippen MR) is 66.6 cm³/mol. The molecule has 4 nitrogen and oxygen atoms in total. The third-order valence-corrected chi connectivity index (χ3v) is 3.11. The summed E-state index contributed by atoms with van der Waals surface area (Å²) in [5.41, 5.74) is 7.38. The Labute approximate surface area is 101 Å². The molecule has 3 N–H and O–H groups in total. The van der Waals surface area contributed by atoms with Crippen molar-refractivity contribution in [1.82, 2.24) is 0 Å². The number of aryl methyl sites for hydroxylation is 1. The van der Waals surface area contributed by atoms with Crippen molar-refractivity contribution in [3.63, 3.8) is 0 Å². The highest BCUT2D eigenvalue weighted by molar-refractivity contribution is 5.99. The molecular formula is C13H18N2O2. The van der Waals surface area contributed by atoms with Crippen molar-refractivity contribution in [3.05, 3.63) is 29.3 Å². The number of hydrogen-bond donors (Lipinski definition) is 2. The summed E-state index contributed by atoms with van der Waals surface area (Å²) in [7, 11) is 0. The van der Waals surface area contributed by atoms with E-state index >= 15 is 0 Å². The second kappa shape index (κ2) is 5.08. The van der Waals surface area contributed by atoms with Crippen LogP contribution in [-0.2, 0) is 0 Å². The van der Waals surface area contributed by atoms with Crippen LogP contribution < -0.4 is 10.5 Å². The van der Waals surface area contributed by atoms with Crippen molar-refractivity contribution in [2.75, 3.05) is 0 Å². The zero-order chi connectivity index (χ0) is 12.3. The highest BCUT2D eigenvalue weighted by Crippen LogP contribution is 2.27. The number of amidine groups is 1. The number of hydrogen-bond acceptors (Lipinski definition) is 3. The fourth-order valence-electron chi connectivity index (χ4n) is 2.19. The maximum absolute atomic E-state index is 8.77. The first-order chi connectivity index (χ1) is 8.20. The molecule has 0 bridgehead atoms. The molecule has 0 spiro atoms. The molecular weight excluding hydrogens is 216 g/mol. The Bertz CT molecular complexity index is 423. The number of benzene rings is 1. The first kappa shape index (κ1) is 11.8. The Morgan fingerprint density at radius 3 is 2.76 bits per heavy atom. The van der Waals surface area contributed by atoms with Gasteiger partial charge in [0.1, 0.15) is 5.75 Å². The highest BCUT2D eigenvalue weighted by Gasteiger charge is 2.18. The zero-order valence-corrected chi connectivity index (χ0v) is 10.0. The number of ether oxygens (including phenoxy) is 1. The predicted octanol–water partition coefficient (Wildman–Crippen LogP) is 2.41. The van der Waals surface area contributed by atoms with Crippen LogP contribution in [0, 0.1) is 6.92 Å². The molecule has 1 fully saturated rings. The van der Waals surface area contributed by atoms with Gasteiger partial charge in [0.05, 0.1) is 11.7 Å². The van der Waals surface area contributed by atoms with Gasteiger partial charge in [0.25, 0.3) is 0 Å². The molecule has 0 radical (unpaired) electrons. The Morgan fingerprint density at radius 2 is 2.12 bits per heavy atom. The lowest BCUT2D eigenvalue weighted by Gasteiger charge is -2.16. The maximum atomic E-state index is 8.77. The SMILES string of the molecule is Cc1ccc(OC2CCCC2)c(/C(N)=N/O)c1. The van der Waals surface area contributed by atoms with Crippen molar-refractivity contribution in [1.29, 1.82) is 0 Å². The molecule has 0 saturated heterocycles. The van der Waals surface area contributed by atoms with Crippen LogP contribution in [0.25, 0.3) is 0 Å². The second-order valence-electron chi connectivity index (χ2n) is 4.51. The van der Waals surface area contributed by atoms with Crippen molar-refractivity contribution in [3.8, 4) is 5.75 Å². The van der Waals surface area contributed by atoms with Gasteiger partial charge in [0.2, 0.25) is 0 Å². The third-order valence-electron chi connectivity index (χ3n) is 3.11. The Morgan fingerprint density at radius 1 is 1.41 bits per heavy atom. The van der Waals surface area contributed by atoms with Gasteiger partial charge in [0, 0.05) is 0 Å². The lowest BCUT2D eigenvalue weighted by Crippen LogP contribution is -2.18. The van der Waals surface area contributed by atoms with Crippen LogP contribution in [0.5, 0.6) is 5.75 Å². The van der Waals surface area contributed by atoms with E-state index in [9.17, 15) is 0 Å². The third kappa shape index (κ3) is 2.70. The minimum atomic E-state index is 0.0988. The molecule has 0 aromatic heterocycles. The topological polar surface area (TPSA) is 67.8 Å². The van der Waals surface area contributed by atoms with E-state index in [1.165, 1.54) is 12.8 Å². The van der Waals surface area contributed by atoms with Crippen LogP contribution >= 0.6 is 0 Å². The van der Waals surface area contributed by atoms with E-state index < -0.39 is 0 Å². The fraction of sp³-hybridized carbons (Fsp3) is 0.462. The molecule has 0 heterocycles. The molecule has 0 unspecified atom stereocenters. The Balaban J connectivity index is 2.25. The number of rotatable bonds is 3. The summed E-state index contributed by atoms with van der Waals surface area (Å²) in [4.78, 5) is 0. The summed E-state index contributed by atoms with van der Waals surface area (Å²) in [6, 6.07) is 5.73. The van der Waals surface area contributed by atoms with Crippen LogP contribution in [0.3, 0.4) is 0 Å². The molecule has 4 heteroatoms. The molecule has 1 aliphatic rings. The highest BCUT2D eigenvalue weighted by atomic mass is 16.5. The van der Waals surface area contributed by atoms with E-state index in [1.807, 2.05) is 25.1 Å². The Hall–Kier alpha value is -1.71. The van der Waals surface area contributed by atoms with Gasteiger partial charge in [-0.25, -0.2) is 0 Å². The van der Waals surface area contributed by atoms with Crippen molar-refractivity contribution >= 4 is 5.84 Å². The molecule has 92 valence electrons. The molecule has 0 aliphatic heterocycles. The van der Waals surface area contributed by atoms with E-state index in [4.69, 9.17) is 15.7 Å². The van der Waals surface area contributed by atoms with Gasteiger partial charge in [0.15, 0.2) is 5.84 Å². The number of nitrogens with two attached hydrogens (primary N) is 1. The van der Waals surface area contributed by atoms with Crippen molar-refractivity contribution in [2.24, 2.45) is 10.9 Å². The minimum Gasteiger partial charge on any atom is -0.490 e. The largest absolute Gasteiger partial charge is 0.490 e. The van der Waals surface area contributed by atoms with Gasteiger partial charge in [-0.1, -0.05) is 16.8 Å². The summed E-state index contributed by atoms with van der Waals surface area (Å²) in [6.45, 7) is 1.97. The summed E-state index contributed by atoms with van der Waals surface area (Å²) in [6.07, 6.45) is 4.88. The van der Waals surface area contributed by atoms with Gasteiger partial charge in [-0.2, -0.15) is 0 Å². The van der Waals surface area contributed by atoms with Crippen molar-refractivity contribution in [2.45, 2.75) is 38.7 Å². The molecule has 2 rings (SSSR count). The van der Waals surface area contributed by atoms with E-state index in [1.54, 1.807) is 0 Å². The van der Waals surface area contributed by atoms with Gasteiger partial charge >= 0.3 is 0 Å². The summed E-state index contributed by atoms with van der Waals surface area (Å²) in [5, 5.41) is 11.8. The average molecular weight is 234 g/mol. The molecule has 1 saturated carbocycles. The minimum absolute atomic E-state index is 0.0988. The van der Waals surface area contributed by atoms with Crippen LogP contribution in [0.1, 0.15) is 36.8 Å². The van der Waals surface area contributed by atoms with E-state index in [2.05, 4.69) is 5.16 Å². The first-order valence-electron chi connectivity index (χ1n) is 5.96. The maximum Gasteiger partial charge on any atom is 0.173 e. The molecule has 1 aromatic rings. The number of nitrogens with zero attached hydrogens (tertiary/aromatic N) is 1. The summed E-state index contributed by atoms with van der Waals surface area (Å²) >= 11 is 0. The van der Waals surface area contributed by atoms with E-state index in [-0.39, 0.29) is 11.9 Å².